The maximum absolute atomic E-state index is 3.80. The Kier molecular flexibility index (Phi) is 5.96. The van der Waals surface area contributed by atoms with Crippen LogP contribution in [-0.4, -0.2) is 36.6 Å². The van der Waals surface area contributed by atoms with Crippen LogP contribution in [0.4, 0.5) is 0 Å². The van der Waals surface area contributed by atoms with Crippen LogP contribution in [0.5, 0.6) is 0 Å². The van der Waals surface area contributed by atoms with Crippen LogP contribution in [0.25, 0.3) is 0 Å². The van der Waals surface area contributed by atoms with E-state index < -0.39 is 0 Å². The van der Waals surface area contributed by atoms with Gasteiger partial charge < -0.3 is 5.32 Å². The molecule has 88 valence electrons. The van der Waals surface area contributed by atoms with E-state index in [9.17, 15) is 0 Å². The first-order valence-electron chi connectivity index (χ1n) is 6.36. The predicted octanol–water partition coefficient (Wildman–Crippen LogP) is 2.42. The van der Waals surface area contributed by atoms with Crippen molar-refractivity contribution in [1.29, 1.82) is 0 Å². The maximum Gasteiger partial charge on any atom is 0.0163 e. The van der Waals surface area contributed by atoms with Crippen LogP contribution in [-0.2, 0) is 0 Å². The van der Waals surface area contributed by atoms with Gasteiger partial charge in [0.1, 0.15) is 0 Å². The lowest BCUT2D eigenvalue weighted by molar-refractivity contribution is 0.229. The smallest absolute Gasteiger partial charge is 0.0163 e. The van der Waals surface area contributed by atoms with Crippen LogP contribution in [0.1, 0.15) is 39.5 Å². The lowest BCUT2D eigenvalue weighted by atomic mass is 10.1. The first kappa shape index (κ1) is 12.7. The highest BCUT2D eigenvalue weighted by molar-refractivity contribution is 4.81. The van der Waals surface area contributed by atoms with Crippen molar-refractivity contribution in [3.05, 3.63) is 12.7 Å². The summed E-state index contributed by atoms with van der Waals surface area (Å²) in [6, 6.07) is 1.55. The summed E-state index contributed by atoms with van der Waals surface area (Å²) in [6.45, 7) is 11.7. The van der Waals surface area contributed by atoms with Gasteiger partial charge in [-0.2, -0.15) is 0 Å². The second-order valence-electron chi connectivity index (χ2n) is 4.60. The van der Waals surface area contributed by atoms with E-state index in [1.54, 1.807) is 0 Å². The first-order chi connectivity index (χ1) is 7.27. The minimum Gasteiger partial charge on any atom is -0.314 e. The molecular weight excluding hydrogens is 184 g/mol. The molecule has 1 rings (SSSR count). The summed E-state index contributed by atoms with van der Waals surface area (Å²) in [5.41, 5.74) is 0. The van der Waals surface area contributed by atoms with Gasteiger partial charge in [0.05, 0.1) is 0 Å². The van der Waals surface area contributed by atoms with E-state index in [1.807, 2.05) is 6.08 Å². The standard InChI is InChI=1S/C13H26N2/c1-4-11-15(5-2)12(3)7-6-10-14-13-8-9-13/h4,12-14H,1,5-11H2,2-3H3. The van der Waals surface area contributed by atoms with Gasteiger partial charge in [-0.3, -0.25) is 4.90 Å². The molecule has 0 aromatic heterocycles. The van der Waals surface area contributed by atoms with Gasteiger partial charge in [0, 0.05) is 18.6 Å². The molecule has 15 heavy (non-hydrogen) atoms. The Balaban J connectivity index is 2.03. The minimum atomic E-state index is 0.689. The summed E-state index contributed by atoms with van der Waals surface area (Å²) in [4.78, 5) is 2.48. The second-order valence-corrected chi connectivity index (χ2v) is 4.60. The number of hydrogen-bond acceptors (Lipinski definition) is 2. The highest BCUT2D eigenvalue weighted by Crippen LogP contribution is 2.18. The van der Waals surface area contributed by atoms with Gasteiger partial charge >= 0.3 is 0 Å². The SMILES string of the molecule is C=CCN(CC)C(C)CCCNC1CC1. The van der Waals surface area contributed by atoms with E-state index in [2.05, 4.69) is 30.6 Å². The zero-order valence-corrected chi connectivity index (χ0v) is 10.3. The van der Waals surface area contributed by atoms with Crippen molar-refractivity contribution in [3.63, 3.8) is 0 Å². The monoisotopic (exact) mass is 210 g/mol. The Bertz CT molecular complexity index is 175. The quantitative estimate of drug-likeness (QED) is 0.464. The molecule has 0 aromatic carbocycles. The van der Waals surface area contributed by atoms with E-state index >= 15 is 0 Å². The van der Waals surface area contributed by atoms with Gasteiger partial charge in [0.15, 0.2) is 0 Å². The maximum atomic E-state index is 3.80. The number of hydrogen-bond donors (Lipinski definition) is 1. The summed E-state index contributed by atoms with van der Waals surface area (Å²) in [5, 5.41) is 3.56. The van der Waals surface area contributed by atoms with E-state index in [0.717, 1.165) is 19.1 Å². The van der Waals surface area contributed by atoms with Crippen molar-refractivity contribution >= 4 is 0 Å². The molecule has 0 bridgehead atoms. The molecule has 1 aliphatic rings. The normalized spacial score (nSPS) is 18.1. The van der Waals surface area contributed by atoms with E-state index in [1.165, 1.54) is 32.2 Å². The van der Waals surface area contributed by atoms with Gasteiger partial charge in [0.2, 0.25) is 0 Å². The second kappa shape index (κ2) is 7.02. The summed E-state index contributed by atoms with van der Waals surface area (Å²) in [5.74, 6) is 0. The molecule has 0 radical (unpaired) electrons. The molecule has 1 unspecified atom stereocenters. The van der Waals surface area contributed by atoms with Crippen LogP contribution >= 0.6 is 0 Å². The molecule has 1 aliphatic carbocycles. The Labute approximate surface area is 94.7 Å². The van der Waals surface area contributed by atoms with Crippen LogP contribution in [0, 0.1) is 0 Å². The Morgan fingerprint density at radius 3 is 2.80 bits per heavy atom. The van der Waals surface area contributed by atoms with Crippen LogP contribution < -0.4 is 5.32 Å². The highest BCUT2D eigenvalue weighted by Gasteiger charge is 2.19. The zero-order chi connectivity index (χ0) is 11.1. The summed E-state index contributed by atoms with van der Waals surface area (Å²) >= 11 is 0. The molecule has 0 aliphatic heterocycles. The zero-order valence-electron chi connectivity index (χ0n) is 10.3. The molecule has 1 saturated carbocycles. The predicted molar refractivity (Wildman–Crippen MR) is 67.2 cm³/mol. The largest absolute Gasteiger partial charge is 0.314 e. The van der Waals surface area contributed by atoms with E-state index in [4.69, 9.17) is 0 Å². The Hall–Kier alpha value is -0.340. The van der Waals surface area contributed by atoms with E-state index in [0.29, 0.717) is 6.04 Å². The molecule has 1 fully saturated rings. The van der Waals surface area contributed by atoms with Crippen LogP contribution in [0.15, 0.2) is 12.7 Å². The highest BCUT2D eigenvalue weighted by atomic mass is 15.1. The topological polar surface area (TPSA) is 15.3 Å². The third-order valence-corrected chi connectivity index (χ3v) is 3.20. The molecule has 0 aromatic rings. The van der Waals surface area contributed by atoms with Gasteiger partial charge in [-0.1, -0.05) is 13.0 Å². The van der Waals surface area contributed by atoms with Gasteiger partial charge in [-0.15, -0.1) is 6.58 Å². The number of rotatable bonds is 9. The third-order valence-electron chi connectivity index (χ3n) is 3.20. The van der Waals surface area contributed by atoms with Crippen molar-refractivity contribution < 1.29 is 0 Å². The fraction of sp³-hybridized carbons (Fsp3) is 0.846. The van der Waals surface area contributed by atoms with Gasteiger partial charge in [0.25, 0.3) is 0 Å². The molecule has 2 heteroatoms. The summed E-state index contributed by atoms with van der Waals surface area (Å²) in [6.07, 6.45) is 7.38. The van der Waals surface area contributed by atoms with Gasteiger partial charge in [-0.05, 0) is 45.7 Å². The minimum absolute atomic E-state index is 0.689. The fourth-order valence-corrected chi connectivity index (χ4v) is 1.96. The molecular formula is C13H26N2. The van der Waals surface area contributed by atoms with Gasteiger partial charge in [-0.25, -0.2) is 0 Å². The summed E-state index contributed by atoms with van der Waals surface area (Å²) < 4.78 is 0. The van der Waals surface area contributed by atoms with Crippen molar-refractivity contribution in [2.24, 2.45) is 0 Å². The Morgan fingerprint density at radius 2 is 2.27 bits per heavy atom. The average molecular weight is 210 g/mol. The van der Waals surface area contributed by atoms with Crippen LogP contribution in [0.2, 0.25) is 0 Å². The average Bonchev–Trinajstić information content (AvgIpc) is 3.04. The number of nitrogens with one attached hydrogen (secondary N) is 1. The van der Waals surface area contributed by atoms with Crippen LogP contribution in [0.3, 0.4) is 0 Å². The lowest BCUT2D eigenvalue weighted by Crippen LogP contribution is -2.33. The molecule has 0 saturated heterocycles. The fourth-order valence-electron chi connectivity index (χ4n) is 1.96. The molecule has 0 amide bonds. The summed E-state index contributed by atoms with van der Waals surface area (Å²) in [7, 11) is 0. The molecule has 0 spiro atoms. The molecule has 2 nitrogen and oxygen atoms in total. The van der Waals surface area contributed by atoms with Crippen molar-refractivity contribution in [2.45, 2.75) is 51.6 Å². The lowest BCUT2D eigenvalue weighted by Gasteiger charge is -2.26. The molecule has 1 N–H and O–H groups in total. The third kappa shape index (κ3) is 5.33. The van der Waals surface area contributed by atoms with Crippen molar-refractivity contribution in [3.8, 4) is 0 Å². The Morgan fingerprint density at radius 1 is 1.53 bits per heavy atom. The van der Waals surface area contributed by atoms with Crippen molar-refractivity contribution in [1.82, 2.24) is 10.2 Å². The number of likely N-dealkylation sites (N-methyl/N-ethyl adjacent to an activating group) is 1. The number of nitrogens with zero attached hydrogens (tertiary/aromatic N) is 1. The van der Waals surface area contributed by atoms with Crippen molar-refractivity contribution in [2.75, 3.05) is 19.6 Å². The molecule has 0 heterocycles. The molecule has 1 atom stereocenters. The van der Waals surface area contributed by atoms with E-state index in [-0.39, 0.29) is 0 Å². The first-order valence-corrected chi connectivity index (χ1v) is 6.36.